The van der Waals surface area contributed by atoms with Crippen molar-refractivity contribution in [3.05, 3.63) is 34.6 Å². The highest BCUT2D eigenvalue weighted by Crippen LogP contribution is 2.20. The van der Waals surface area contributed by atoms with E-state index in [1.54, 1.807) is 0 Å². The maximum Gasteiger partial charge on any atom is 0.306 e. The van der Waals surface area contributed by atoms with E-state index in [0.29, 0.717) is 6.61 Å². The first-order valence-corrected chi connectivity index (χ1v) is 9.66. The summed E-state index contributed by atoms with van der Waals surface area (Å²) >= 11 is 5.85. The highest BCUT2D eigenvalue weighted by molar-refractivity contribution is 6.31. The molecule has 4 nitrogen and oxygen atoms in total. The second-order valence-electron chi connectivity index (χ2n) is 6.20. The SMILES string of the molecule is CCCCCCCCCOC(=O)CCC(=O)OCc1c(F)cccc1Cl. The van der Waals surface area contributed by atoms with Crippen molar-refractivity contribution in [3.63, 3.8) is 0 Å². The molecule has 0 saturated heterocycles. The van der Waals surface area contributed by atoms with Gasteiger partial charge in [-0.15, -0.1) is 0 Å². The third kappa shape index (κ3) is 9.76. The van der Waals surface area contributed by atoms with Gasteiger partial charge in [0.1, 0.15) is 12.4 Å². The number of rotatable bonds is 13. The Bertz CT molecular complexity index is 542. The lowest BCUT2D eigenvalue weighted by Crippen LogP contribution is -2.11. The summed E-state index contributed by atoms with van der Waals surface area (Å²) in [4.78, 5) is 23.2. The summed E-state index contributed by atoms with van der Waals surface area (Å²) in [6, 6.07) is 4.25. The summed E-state index contributed by atoms with van der Waals surface area (Å²) in [7, 11) is 0. The van der Waals surface area contributed by atoms with Crippen molar-refractivity contribution in [2.24, 2.45) is 0 Å². The molecule has 0 aromatic heterocycles. The van der Waals surface area contributed by atoms with E-state index in [1.807, 2.05) is 0 Å². The van der Waals surface area contributed by atoms with Crippen LogP contribution < -0.4 is 0 Å². The van der Waals surface area contributed by atoms with E-state index in [9.17, 15) is 14.0 Å². The molecule has 1 aromatic carbocycles. The van der Waals surface area contributed by atoms with E-state index in [4.69, 9.17) is 21.1 Å². The average Bonchev–Trinajstić information content (AvgIpc) is 2.61. The van der Waals surface area contributed by atoms with Gasteiger partial charge in [0.2, 0.25) is 0 Å². The van der Waals surface area contributed by atoms with Gasteiger partial charge in [0.25, 0.3) is 0 Å². The molecular formula is C20H28ClFO4. The number of carbonyl (C=O) groups excluding carboxylic acids is 2. The Labute approximate surface area is 160 Å². The largest absolute Gasteiger partial charge is 0.466 e. The molecule has 0 spiro atoms. The van der Waals surface area contributed by atoms with Crippen LogP contribution in [-0.2, 0) is 25.7 Å². The van der Waals surface area contributed by atoms with Crippen LogP contribution in [-0.4, -0.2) is 18.5 Å². The van der Waals surface area contributed by atoms with Gasteiger partial charge >= 0.3 is 11.9 Å². The molecule has 146 valence electrons. The van der Waals surface area contributed by atoms with E-state index in [1.165, 1.54) is 43.9 Å². The normalized spacial score (nSPS) is 10.6. The van der Waals surface area contributed by atoms with Crippen LogP contribution in [0.3, 0.4) is 0 Å². The van der Waals surface area contributed by atoms with Gasteiger partial charge in [-0.25, -0.2) is 4.39 Å². The van der Waals surface area contributed by atoms with Crippen LogP contribution in [0.1, 0.15) is 70.3 Å². The average molecular weight is 387 g/mol. The number of unbranched alkanes of at least 4 members (excludes halogenated alkanes) is 6. The van der Waals surface area contributed by atoms with Crippen LogP contribution in [0.5, 0.6) is 0 Å². The maximum atomic E-state index is 13.6. The highest BCUT2D eigenvalue weighted by Gasteiger charge is 2.12. The van der Waals surface area contributed by atoms with E-state index in [0.717, 1.165) is 19.3 Å². The van der Waals surface area contributed by atoms with Crippen LogP contribution in [0.25, 0.3) is 0 Å². The topological polar surface area (TPSA) is 52.6 Å². The minimum Gasteiger partial charge on any atom is -0.466 e. The molecule has 0 unspecified atom stereocenters. The predicted octanol–water partition coefficient (Wildman–Crippen LogP) is 5.60. The summed E-state index contributed by atoms with van der Waals surface area (Å²) < 4.78 is 23.6. The molecule has 0 atom stereocenters. The van der Waals surface area contributed by atoms with Crippen LogP contribution in [0.15, 0.2) is 18.2 Å². The summed E-state index contributed by atoms with van der Waals surface area (Å²) in [6.07, 6.45) is 7.89. The number of carbonyl (C=O) groups is 2. The van der Waals surface area contributed by atoms with Gasteiger partial charge in [0, 0.05) is 5.56 Å². The molecule has 1 aromatic rings. The van der Waals surface area contributed by atoms with Crippen LogP contribution in [0.4, 0.5) is 4.39 Å². The first-order chi connectivity index (χ1) is 12.5. The number of ether oxygens (including phenoxy) is 2. The third-order valence-corrected chi connectivity index (χ3v) is 4.34. The Morgan fingerprint density at radius 3 is 2.23 bits per heavy atom. The Hall–Kier alpha value is -1.62. The predicted molar refractivity (Wildman–Crippen MR) is 99.4 cm³/mol. The van der Waals surface area contributed by atoms with Crippen LogP contribution in [0, 0.1) is 5.82 Å². The molecule has 26 heavy (non-hydrogen) atoms. The number of halogens is 2. The summed E-state index contributed by atoms with van der Waals surface area (Å²) in [5.41, 5.74) is 0.129. The standard InChI is InChI=1S/C20H28ClFO4/c1-2-3-4-5-6-7-8-14-25-19(23)12-13-20(24)26-15-16-17(21)10-9-11-18(16)22/h9-11H,2-8,12-15H2,1H3. The van der Waals surface area contributed by atoms with Crippen molar-refractivity contribution in [2.45, 2.75) is 71.3 Å². The van der Waals surface area contributed by atoms with Gasteiger partial charge in [-0.2, -0.15) is 0 Å². The van der Waals surface area contributed by atoms with Gasteiger partial charge in [0.05, 0.1) is 24.5 Å². The molecule has 0 aliphatic heterocycles. The van der Waals surface area contributed by atoms with Crippen molar-refractivity contribution in [1.82, 2.24) is 0 Å². The van der Waals surface area contributed by atoms with Crippen molar-refractivity contribution < 1.29 is 23.5 Å². The zero-order valence-electron chi connectivity index (χ0n) is 15.4. The number of benzene rings is 1. The van der Waals surface area contributed by atoms with Gasteiger partial charge < -0.3 is 9.47 Å². The monoisotopic (exact) mass is 386 g/mol. The third-order valence-electron chi connectivity index (χ3n) is 3.98. The zero-order chi connectivity index (χ0) is 19.2. The Balaban J connectivity index is 2.08. The van der Waals surface area contributed by atoms with Crippen molar-refractivity contribution >= 4 is 23.5 Å². The molecule has 1 rings (SSSR count). The molecule has 0 fully saturated rings. The number of hydrogen-bond acceptors (Lipinski definition) is 4. The summed E-state index contributed by atoms with van der Waals surface area (Å²) in [6.45, 7) is 2.31. The lowest BCUT2D eigenvalue weighted by atomic mass is 10.1. The smallest absolute Gasteiger partial charge is 0.306 e. The molecular weight excluding hydrogens is 359 g/mol. The molecule has 0 N–H and O–H groups in total. The van der Waals surface area contributed by atoms with E-state index < -0.39 is 17.8 Å². The van der Waals surface area contributed by atoms with Crippen molar-refractivity contribution in [3.8, 4) is 0 Å². The second kappa shape index (κ2) is 13.6. The fourth-order valence-electron chi connectivity index (χ4n) is 2.42. The minimum absolute atomic E-state index is 0.0413. The van der Waals surface area contributed by atoms with Crippen LogP contribution >= 0.6 is 11.6 Å². The molecule has 0 aliphatic rings. The second-order valence-corrected chi connectivity index (χ2v) is 6.61. The molecule has 6 heteroatoms. The molecule has 0 radical (unpaired) electrons. The van der Waals surface area contributed by atoms with Crippen molar-refractivity contribution in [1.29, 1.82) is 0 Å². The lowest BCUT2D eigenvalue weighted by Gasteiger charge is -2.08. The quantitative estimate of drug-likeness (QED) is 0.327. The zero-order valence-corrected chi connectivity index (χ0v) is 16.2. The van der Waals surface area contributed by atoms with Gasteiger partial charge in [-0.3, -0.25) is 9.59 Å². The first-order valence-electron chi connectivity index (χ1n) is 9.28. The highest BCUT2D eigenvalue weighted by atomic mass is 35.5. The molecule has 0 saturated carbocycles. The van der Waals surface area contributed by atoms with Crippen LogP contribution in [0.2, 0.25) is 5.02 Å². The lowest BCUT2D eigenvalue weighted by molar-refractivity contribution is -0.151. The summed E-state index contributed by atoms with van der Waals surface area (Å²) in [5.74, 6) is -1.53. The molecule has 0 aliphatic carbocycles. The van der Waals surface area contributed by atoms with Gasteiger partial charge in [0.15, 0.2) is 0 Å². The Kier molecular flexibility index (Phi) is 11.7. The van der Waals surface area contributed by atoms with Gasteiger partial charge in [-0.1, -0.05) is 63.1 Å². The Morgan fingerprint density at radius 1 is 0.962 bits per heavy atom. The minimum atomic E-state index is -0.586. The molecule has 0 amide bonds. The van der Waals surface area contributed by atoms with Gasteiger partial charge in [-0.05, 0) is 18.6 Å². The number of esters is 2. The van der Waals surface area contributed by atoms with Crippen molar-refractivity contribution in [2.75, 3.05) is 6.61 Å². The molecule has 0 bridgehead atoms. The van der Waals surface area contributed by atoms with E-state index in [-0.39, 0.29) is 30.0 Å². The summed E-state index contributed by atoms with van der Waals surface area (Å²) in [5, 5.41) is 0.201. The first kappa shape index (κ1) is 22.4. The fourth-order valence-corrected chi connectivity index (χ4v) is 2.63. The van der Waals surface area contributed by atoms with E-state index in [2.05, 4.69) is 6.92 Å². The van der Waals surface area contributed by atoms with E-state index >= 15 is 0 Å². The molecule has 0 heterocycles. The fraction of sp³-hybridized carbons (Fsp3) is 0.600. The Morgan fingerprint density at radius 2 is 1.58 bits per heavy atom. The maximum absolute atomic E-state index is 13.6. The number of hydrogen-bond donors (Lipinski definition) is 0.